The second kappa shape index (κ2) is 6.11. The third kappa shape index (κ3) is 3.94. The first-order valence-electron chi connectivity index (χ1n) is 7.60. The number of hydroxylamine groups is 2. The topological polar surface area (TPSA) is 104 Å². The second-order valence-corrected chi connectivity index (χ2v) is 8.81. The molecule has 0 saturated carbocycles. The van der Waals surface area contributed by atoms with Gasteiger partial charge in [-0.15, -0.1) is 10.3 Å². The summed E-state index contributed by atoms with van der Waals surface area (Å²) in [6.45, 7) is 7.17. The zero-order chi connectivity index (χ0) is 18.3. The van der Waals surface area contributed by atoms with Gasteiger partial charge in [0.1, 0.15) is 5.75 Å². The molecule has 8 heteroatoms. The standard InChI is InChI=1S/C16H22NO6S/c1-15(2)9-11(10-16(3,4)17(15)19)14(18)23-12-5-7-13(8-6-12)24(20,21)22/h5-8,11H,9-10H2,1-4H3,(H,20,21,22). The Bertz CT molecular complexity index is 705. The SMILES string of the molecule is CC1(C)CC(C(=O)Oc2ccc(S(=O)(=O)O)cc2)CC(C)(C)N1[O]. The Labute approximate surface area is 141 Å². The normalized spacial score (nSPS) is 21.4. The zero-order valence-electron chi connectivity index (χ0n) is 14.1. The van der Waals surface area contributed by atoms with Crippen LogP contribution in [0.25, 0.3) is 0 Å². The fraction of sp³-hybridized carbons (Fsp3) is 0.562. The summed E-state index contributed by atoms with van der Waals surface area (Å²) in [7, 11) is -4.29. The molecule has 1 saturated heterocycles. The lowest BCUT2D eigenvalue weighted by Crippen LogP contribution is -2.59. The number of hydrogen-bond acceptors (Lipinski definition) is 5. The minimum Gasteiger partial charge on any atom is -0.426 e. The van der Waals surface area contributed by atoms with Gasteiger partial charge in [0.25, 0.3) is 10.1 Å². The maximum absolute atomic E-state index is 12.4. The fourth-order valence-corrected chi connectivity index (χ4v) is 3.79. The van der Waals surface area contributed by atoms with Crippen LogP contribution in [0.3, 0.4) is 0 Å². The number of carbonyl (C=O) groups excluding carboxylic acids is 1. The van der Waals surface area contributed by atoms with Crippen LogP contribution in [-0.2, 0) is 20.1 Å². The number of esters is 1. The Morgan fingerprint density at radius 3 is 2.00 bits per heavy atom. The van der Waals surface area contributed by atoms with Crippen molar-refractivity contribution in [3.05, 3.63) is 24.3 Å². The second-order valence-electron chi connectivity index (χ2n) is 7.39. The van der Waals surface area contributed by atoms with Crippen molar-refractivity contribution in [2.45, 2.75) is 56.5 Å². The largest absolute Gasteiger partial charge is 0.426 e. The Hall–Kier alpha value is -1.48. The molecule has 2 rings (SSSR count). The van der Waals surface area contributed by atoms with E-state index in [1.54, 1.807) is 27.7 Å². The predicted octanol–water partition coefficient (Wildman–Crippen LogP) is 2.45. The van der Waals surface area contributed by atoms with Crippen molar-refractivity contribution in [2.24, 2.45) is 5.92 Å². The van der Waals surface area contributed by atoms with Gasteiger partial charge in [0, 0.05) is 11.1 Å². The average Bonchev–Trinajstić information content (AvgIpc) is 2.43. The van der Waals surface area contributed by atoms with Gasteiger partial charge in [-0.1, -0.05) is 0 Å². The van der Waals surface area contributed by atoms with Crippen LogP contribution < -0.4 is 4.74 Å². The molecule has 1 aliphatic heterocycles. The average molecular weight is 356 g/mol. The van der Waals surface area contributed by atoms with Crippen molar-refractivity contribution < 1.29 is 27.7 Å². The Kier molecular flexibility index (Phi) is 4.80. The molecule has 7 nitrogen and oxygen atoms in total. The molecule has 0 unspecified atom stereocenters. The van der Waals surface area contributed by atoms with Crippen molar-refractivity contribution in [1.29, 1.82) is 0 Å². The first-order chi connectivity index (χ1) is 10.8. The fourth-order valence-electron chi connectivity index (χ4n) is 3.31. The van der Waals surface area contributed by atoms with Crippen molar-refractivity contribution in [1.82, 2.24) is 5.06 Å². The summed E-state index contributed by atoms with van der Waals surface area (Å²) in [6, 6.07) is 4.93. The summed E-state index contributed by atoms with van der Waals surface area (Å²) in [5.41, 5.74) is -1.36. The number of hydrogen-bond donors (Lipinski definition) is 1. The molecule has 1 radical (unpaired) electrons. The highest BCUT2D eigenvalue weighted by Crippen LogP contribution is 2.40. The zero-order valence-corrected chi connectivity index (χ0v) is 15.0. The lowest BCUT2D eigenvalue weighted by molar-refractivity contribution is -0.293. The van der Waals surface area contributed by atoms with E-state index < -0.39 is 33.1 Å². The summed E-state index contributed by atoms with van der Waals surface area (Å²) in [4.78, 5) is 12.1. The molecule has 0 spiro atoms. The van der Waals surface area contributed by atoms with Crippen LogP contribution in [0, 0.1) is 5.92 Å². The number of piperidine rings is 1. The molecule has 0 aliphatic carbocycles. The van der Waals surface area contributed by atoms with E-state index in [1.807, 2.05) is 0 Å². The number of benzene rings is 1. The third-order valence-electron chi connectivity index (χ3n) is 4.26. The molecule has 1 heterocycles. The van der Waals surface area contributed by atoms with Crippen molar-refractivity contribution in [3.63, 3.8) is 0 Å². The van der Waals surface area contributed by atoms with E-state index in [1.165, 1.54) is 12.1 Å². The molecule has 133 valence electrons. The van der Waals surface area contributed by atoms with Crippen LogP contribution in [0.2, 0.25) is 0 Å². The molecule has 1 aromatic carbocycles. The highest BCUT2D eigenvalue weighted by atomic mass is 32.2. The molecular formula is C16H22NO6S. The summed E-state index contributed by atoms with van der Waals surface area (Å²) >= 11 is 0. The van der Waals surface area contributed by atoms with E-state index >= 15 is 0 Å². The molecule has 1 aromatic rings. The summed E-state index contributed by atoms with van der Waals surface area (Å²) in [5, 5.41) is 13.3. The minimum absolute atomic E-state index is 0.188. The van der Waals surface area contributed by atoms with E-state index in [-0.39, 0.29) is 10.6 Å². The van der Waals surface area contributed by atoms with Crippen molar-refractivity contribution in [3.8, 4) is 5.75 Å². The van der Waals surface area contributed by atoms with Gasteiger partial charge in [-0.2, -0.15) is 8.42 Å². The maximum Gasteiger partial charge on any atom is 0.314 e. The van der Waals surface area contributed by atoms with Crippen molar-refractivity contribution >= 4 is 16.1 Å². The summed E-state index contributed by atoms with van der Waals surface area (Å²) in [6.07, 6.45) is 0.754. The van der Waals surface area contributed by atoms with Crippen LogP contribution in [0.15, 0.2) is 29.2 Å². The third-order valence-corrected chi connectivity index (χ3v) is 5.13. The van der Waals surface area contributed by atoms with Gasteiger partial charge in [-0.05, 0) is 64.8 Å². The van der Waals surface area contributed by atoms with Gasteiger partial charge in [0.05, 0.1) is 10.8 Å². The van der Waals surface area contributed by atoms with Gasteiger partial charge in [0.2, 0.25) is 0 Å². The lowest BCUT2D eigenvalue weighted by atomic mass is 9.75. The number of nitrogens with zero attached hydrogens (tertiary/aromatic N) is 1. The van der Waals surface area contributed by atoms with Crippen LogP contribution in [0.5, 0.6) is 5.75 Å². The smallest absolute Gasteiger partial charge is 0.314 e. The highest BCUT2D eigenvalue weighted by Gasteiger charge is 2.48. The molecule has 0 atom stereocenters. The van der Waals surface area contributed by atoms with Crippen LogP contribution in [0.1, 0.15) is 40.5 Å². The number of ether oxygens (including phenoxy) is 1. The predicted molar refractivity (Wildman–Crippen MR) is 85.3 cm³/mol. The molecule has 1 N–H and O–H groups in total. The molecule has 0 amide bonds. The van der Waals surface area contributed by atoms with Crippen LogP contribution in [0.4, 0.5) is 0 Å². The summed E-state index contributed by atoms with van der Waals surface area (Å²) < 4.78 is 36.2. The Morgan fingerprint density at radius 1 is 1.12 bits per heavy atom. The molecule has 1 fully saturated rings. The molecular weight excluding hydrogens is 334 g/mol. The highest BCUT2D eigenvalue weighted by molar-refractivity contribution is 7.85. The quantitative estimate of drug-likeness (QED) is 0.507. The van der Waals surface area contributed by atoms with Crippen molar-refractivity contribution in [2.75, 3.05) is 0 Å². The Morgan fingerprint density at radius 2 is 1.58 bits per heavy atom. The number of carbonyl (C=O) groups is 1. The van der Waals surface area contributed by atoms with Crippen LogP contribution in [-0.4, -0.2) is 35.1 Å². The lowest BCUT2D eigenvalue weighted by Gasteiger charge is -2.49. The minimum atomic E-state index is -4.29. The molecule has 0 bridgehead atoms. The van der Waals surface area contributed by atoms with Gasteiger partial charge in [0.15, 0.2) is 0 Å². The number of rotatable bonds is 3. The van der Waals surface area contributed by atoms with E-state index in [9.17, 15) is 18.4 Å². The molecule has 24 heavy (non-hydrogen) atoms. The van der Waals surface area contributed by atoms with Gasteiger partial charge < -0.3 is 4.74 Å². The van der Waals surface area contributed by atoms with Crippen LogP contribution >= 0.6 is 0 Å². The monoisotopic (exact) mass is 356 g/mol. The van der Waals surface area contributed by atoms with Gasteiger partial charge in [-0.25, -0.2) is 0 Å². The van der Waals surface area contributed by atoms with Gasteiger partial charge in [-0.3, -0.25) is 9.35 Å². The first-order valence-corrected chi connectivity index (χ1v) is 9.04. The van der Waals surface area contributed by atoms with E-state index in [0.717, 1.165) is 17.2 Å². The van der Waals surface area contributed by atoms with E-state index in [0.29, 0.717) is 12.8 Å². The molecule has 1 aliphatic rings. The first kappa shape index (κ1) is 18.9. The maximum atomic E-state index is 12.4. The Balaban J connectivity index is 2.12. The summed E-state index contributed by atoms with van der Waals surface area (Å²) in [5.74, 6) is -0.696. The van der Waals surface area contributed by atoms with E-state index in [4.69, 9.17) is 9.29 Å². The van der Waals surface area contributed by atoms with Gasteiger partial charge >= 0.3 is 5.97 Å². The van der Waals surface area contributed by atoms with E-state index in [2.05, 4.69) is 0 Å². The molecule has 0 aromatic heterocycles.